The van der Waals surface area contributed by atoms with Gasteiger partial charge >= 0.3 is 0 Å². The van der Waals surface area contributed by atoms with Crippen LogP contribution in [0.2, 0.25) is 5.02 Å². The Bertz CT molecular complexity index is 497. The molecule has 0 amide bonds. The van der Waals surface area contributed by atoms with Gasteiger partial charge in [0.05, 0.1) is 13.1 Å². The molecule has 2 N–H and O–H groups in total. The van der Waals surface area contributed by atoms with Crippen LogP contribution in [-0.4, -0.2) is 14.8 Å². The van der Waals surface area contributed by atoms with Crippen molar-refractivity contribution in [1.29, 1.82) is 0 Å². The number of benzene rings is 1. The van der Waals surface area contributed by atoms with E-state index in [1.807, 2.05) is 0 Å². The van der Waals surface area contributed by atoms with Gasteiger partial charge in [0, 0.05) is 10.6 Å². The first-order valence-corrected chi connectivity index (χ1v) is 5.09. The van der Waals surface area contributed by atoms with Crippen LogP contribution in [0.25, 0.3) is 0 Å². The highest BCUT2D eigenvalue weighted by molar-refractivity contribution is 6.30. The van der Waals surface area contributed by atoms with Crippen LogP contribution in [0.4, 0.5) is 4.39 Å². The standard InChI is InChI=1S/C10H10ClFN4/c11-8-2-1-7(9(12)3-8)5-16-10(4-13)14-6-15-16/h1-3,6H,4-5,13H2. The lowest BCUT2D eigenvalue weighted by Gasteiger charge is -2.06. The Morgan fingerprint density at radius 3 is 2.94 bits per heavy atom. The summed E-state index contributed by atoms with van der Waals surface area (Å²) in [4.78, 5) is 3.96. The Morgan fingerprint density at radius 1 is 1.44 bits per heavy atom. The molecule has 6 heteroatoms. The molecule has 0 atom stereocenters. The molecule has 0 bridgehead atoms. The molecule has 0 aliphatic heterocycles. The molecule has 0 saturated heterocycles. The zero-order valence-electron chi connectivity index (χ0n) is 8.40. The molecule has 2 rings (SSSR count). The van der Waals surface area contributed by atoms with E-state index in [0.717, 1.165) is 0 Å². The first-order valence-electron chi connectivity index (χ1n) is 4.71. The van der Waals surface area contributed by atoms with E-state index in [1.165, 1.54) is 12.4 Å². The first kappa shape index (κ1) is 11.0. The Kier molecular flexibility index (Phi) is 3.17. The maximum absolute atomic E-state index is 13.5. The summed E-state index contributed by atoms with van der Waals surface area (Å²) in [6.45, 7) is 0.574. The quantitative estimate of drug-likeness (QED) is 0.886. The molecule has 1 aromatic heterocycles. The lowest BCUT2D eigenvalue weighted by Crippen LogP contribution is -2.11. The molecule has 2 aromatic rings. The van der Waals surface area contributed by atoms with Crippen molar-refractivity contribution in [3.05, 3.63) is 46.8 Å². The van der Waals surface area contributed by atoms with Crippen LogP contribution in [0.15, 0.2) is 24.5 Å². The van der Waals surface area contributed by atoms with Crippen molar-refractivity contribution >= 4 is 11.6 Å². The van der Waals surface area contributed by atoms with E-state index in [4.69, 9.17) is 17.3 Å². The summed E-state index contributed by atoms with van der Waals surface area (Å²) >= 11 is 5.66. The number of nitrogens with two attached hydrogens (primary N) is 1. The largest absolute Gasteiger partial charge is 0.324 e. The summed E-state index contributed by atoms with van der Waals surface area (Å²) < 4.78 is 15.1. The normalized spacial score (nSPS) is 10.7. The van der Waals surface area contributed by atoms with Crippen molar-refractivity contribution in [1.82, 2.24) is 14.8 Å². The van der Waals surface area contributed by atoms with Gasteiger partial charge < -0.3 is 5.73 Å². The van der Waals surface area contributed by atoms with Crippen LogP contribution in [0, 0.1) is 5.82 Å². The molecule has 0 radical (unpaired) electrons. The van der Waals surface area contributed by atoms with E-state index >= 15 is 0 Å². The van der Waals surface area contributed by atoms with E-state index < -0.39 is 0 Å². The van der Waals surface area contributed by atoms with Crippen LogP contribution in [0.5, 0.6) is 0 Å². The van der Waals surface area contributed by atoms with E-state index in [0.29, 0.717) is 23.0 Å². The van der Waals surface area contributed by atoms with E-state index in [2.05, 4.69) is 10.1 Å². The average molecular weight is 241 g/mol. The number of nitrogens with zero attached hydrogens (tertiary/aromatic N) is 3. The molecule has 0 aliphatic carbocycles. The summed E-state index contributed by atoms with van der Waals surface area (Å²) in [6.07, 6.45) is 1.40. The Balaban J connectivity index is 2.27. The molecule has 0 saturated carbocycles. The van der Waals surface area contributed by atoms with Gasteiger partial charge in [-0.1, -0.05) is 17.7 Å². The smallest absolute Gasteiger partial charge is 0.140 e. The van der Waals surface area contributed by atoms with E-state index in [-0.39, 0.29) is 12.4 Å². The van der Waals surface area contributed by atoms with Crippen LogP contribution in [0.3, 0.4) is 0 Å². The average Bonchev–Trinajstić information content (AvgIpc) is 2.69. The van der Waals surface area contributed by atoms with Gasteiger partial charge in [0.1, 0.15) is 18.0 Å². The summed E-state index contributed by atoms with van der Waals surface area (Å²) in [5.41, 5.74) is 5.98. The third-order valence-corrected chi connectivity index (χ3v) is 2.45. The van der Waals surface area contributed by atoms with Gasteiger partial charge in [0.25, 0.3) is 0 Å². The van der Waals surface area contributed by atoms with Crippen molar-refractivity contribution in [2.24, 2.45) is 5.73 Å². The highest BCUT2D eigenvalue weighted by atomic mass is 35.5. The summed E-state index contributed by atoms with van der Waals surface area (Å²) in [5.74, 6) is 0.264. The molecule has 0 unspecified atom stereocenters. The maximum atomic E-state index is 13.5. The van der Waals surface area contributed by atoms with Crippen molar-refractivity contribution < 1.29 is 4.39 Å². The van der Waals surface area contributed by atoms with Gasteiger partial charge in [0.2, 0.25) is 0 Å². The van der Waals surface area contributed by atoms with Gasteiger partial charge in [-0.15, -0.1) is 0 Å². The SMILES string of the molecule is NCc1ncnn1Cc1ccc(Cl)cc1F. The summed E-state index contributed by atoms with van der Waals surface area (Å²) in [6, 6.07) is 4.54. The molecule has 0 spiro atoms. The third-order valence-electron chi connectivity index (χ3n) is 2.21. The van der Waals surface area contributed by atoms with Crippen molar-refractivity contribution in [2.75, 3.05) is 0 Å². The van der Waals surface area contributed by atoms with Crippen LogP contribution in [-0.2, 0) is 13.1 Å². The zero-order valence-corrected chi connectivity index (χ0v) is 9.15. The highest BCUT2D eigenvalue weighted by Crippen LogP contribution is 2.15. The number of hydrogen-bond acceptors (Lipinski definition) is 3. The van der Waals surface area contributed by atoms with Gasteiger partial charge in [-0.3, -0.25) is 0 Å². The minimum Gasteiger partial charge on any atom is -0.324 e. The molecule has 0 aliphatic rings. The molecular formula is C10H10ClFN4. The second-order valence-corrected chi connectivity index (χ2v) is 3.71. The summed E-state index contributed by atoms with van der Waals surface area (Å²) in [5, 5.41) is 4.35. The van der Waals surface area contributed by atoms with Crippen molar-refractivity contribution in [3.63, 3.8) is 0 Å². The minimum absolute atomic E-state index is 0.273. The van der Waals surface area contributed by atoms with Crippen LogP contribution < -0.4 is 5.73 Å². The lowest BCUT2D eigenvalue weighted by atomic mass is 10.2. The fourth-order valence-corrected chi connectivity index (χ4v) is 1.55. The van der Waals surface area contributed by atoms with E-state index in [9.17, 15) is 4.39 Å². The van der Waals surface area contributed by atoms with Crippen LogP contribution in [0.1, 0.15) is 11.4 Å². The topological polar surface area (TPSA) is 56.7 Å². The number of halogens is 2. The van der Waals surface area contributed by atoms with Crippen molar-refractivity contribution in [2.45, 2.75) is 13.1 Å². The molecule has 16 heavy (non-hydrogen) atoms. The predicted molar refractivity (Wildman–Crippen MR) is 58.4 cm³/mol. The minimum atomic E-state index is -0.356. The number of aromatic nitrogens is 3. The van der Waals surface area contributed by atoms with Gasteiger partial charge in [-0.2, -0.15) is 5.10 Å². The molecule has 1 aromatic carbocycles. The van der Waals surface area contributed by atoms with Crippen LogP contribution >= 0.6 is 11.6 Å². The van der Waals surface area contributed by atoms with E-state index in [1.54, 1.807) is 16.8 Å². The molecular weight excluding hydrogens is 231 g/mol. The predicted octanol–water partition coefficient (Wildman–Crippen LogP) is 1.58. The maximum Gasteiger partial charge on any atom is 0.140 e. The zero-order chi connectivity index (χ0) is 11.5. The van der Waals surface area contributed by atoms with Gasteiger partial charge in [-0.25, -0.2) is 14.1 Å². The van der Waals surface area contributed by atoms with Gasteiger partial charge in [-0.05, 0) is 12.1 Å². The monoisotopic (exact) mass is 240 g/mol. The second-order valence-electron chi connectivity index (χ2n) is 3.27. The Morgan fingerprint density at radius 2 is 2.25 bits per heavy atom. The van der Waals surface area contributed by atoms with Gasteiger partial charge in [0.15, 0.2) is 0 Å². The molecule has 0 fully saturated rings. The second kappa shape index (κ2) is 4.59. The molecule has 4 nitrogen and oxygen atoms in total. The molecule has 1 heterocycles. The Hall–Kier alpha value is -1.46. The summed E-state index contributed by atoms with van der Waals surface area (Å²) in [7, 11) is 0. The Labute approximate surface area is 96.9 Å². The third kappa shape index (κ3) is 2.20. The fourth-order valence-electron chi connectivity index (χ4n) is 1.39. The molecule has 84 valence electrons. The first-order chi connectivity index (χ1) is 7.70. The fraction of sp³-hybridized carbons (Fsp3) is 0.200. The lowest BCUT2D eigenvalue weighted by molar-refractivity contribution is 0.573. The number of hydrogen-bond donors (Lipinski definition) is 1. The van der Waals surface area contributed by atoms with Crippen molar-refractivity contribution in [3.8, 4) is 0 Å². The highest BCUT2D eigenvalue weighted by Gasteiger charge is 2.07. The number of rotatable bonds is 3.